The topological polar surface area (TPSA) is 63.4 Å². The summed E-state index contributed by atoms with van der Waals surface area (Å²) < 4.78 is 24.4. The van der Waals surface area contributed by atoms with E-state index in [2.05, 4.69) is 11.8 Å². The Morgan fingerprint density at radius 2 is 2.15 bits per heavy atom. The predicted octanol–water partition coefficient (Wildman–Crippen LogP) is 1.70. The van der Waals surface area contributed by atoms with Gasteiger partial charge in [0, 0.05) is 36.4 Å². The van der Waals surface area contributed by atoms with E-state index in [0.717, 1.165) is 25.1 Å². The molecule has 1 saturated heterocycles. The van der Waals surface area contributed by atoms with E-state index in [9.17, 15) is 8.42 Å². The van der Waals surface area contributed by atoms with Crippen molar-refractivity contribution < 1.29 is 8.42 Å². The lowest BCUT2D eigenvalue weighted by Gasteiger charge is -2.54. The molecule has 2 N–H and O–H groups in total. The maximum Gasteiger partial charge on any atom is 0.164 e. The lowest BCUT2D eigenvalue weighted by molar-refractivity contribution is 0.000787. The van der Waals surface area contributed by atoms with Crippen molar-refractivity contribution in [2.45, 2.75) is 49.9 Å². The summed E-state index contributed by atoms with van der Waals surface area (Å²) in [5.41, 5.74) is 6.10. The van der Waals surface area contributed by atoms with Crippen LogP contribution in [0.15, 0.2) is 0 Å². The van der Waals surface area contributed by atoms with Crippen molar-refractivity contribution in [3.05, 3.63) is 0 Å². The van der Waals surface area contributed by atoms with E-state index < -0.39 is 9.84 Å². The Kier molecular flexibility index (Phi) is 5.43. The van der Waals surface area contributed by atoms with Gasteiger partial charge in [-0.05, 0) is 18.8 Å². The SMILES string of the molecule is CCC1CCCCC1(CN)N1CCSCC1S(C)(=O)=O. The first-order valence-corrected chi connectivity index (χ1v) is 10.8. The van der Waals surface area contributed by atoms with Gasteiger partial charge in [-0.1, -0.05) is 26.2 Å². The summed E-state index contributed by atoms with van der Waals surface area (Å²) in [5.74, 6) is 2.25. The molecular weight excluding hydrogens is 292 g/mol. The van der Waals surface area contributed by atoms with E-state index in [-0.39, 0.29) is 10.9 Å². The van der Waals surface area contributed by atoms with Crippen LogP contribution in [0.25, 0.3) is 0 Å². The minimum Gasteiger partial charge on any atom is -0.329 e. The number of nitrogens with two attached hydrogens (primary N) is 1. The zero-order valence-electron chi connectivity index (χ0n) is 12.7. The molecule has 0 aromatic heterocycles. The molecule has 1 aliphatic heterocycles. The fourth-order valence-electron chi connectivity index (χ4n) is 4.09. The zero-order valence-corrected chi connectivity index (χ0v) is 14.3. The molecule has 0 amide bonds. The number of hydrogen-bond acceptors (Lipinski definition) is 5. The van der Waals surface area contributed by atoms with Crippen LogP contribution >= 0.6 is 11.8 Å². The number of hydrogen-bond donors (Lipinski definition) is 1. The van der Waals surface area contributed by atoms with E-state index in [0.29, 0.717) is 18.2 Å². The summed E-state index contributed by atoms with van der Waals surface area (Å²) in [6.45, 7) is 3.66. The molecule has 6 heteroatoms. The molecule has 0 bridgehead atoms. The van der Waals surface area contributed by atoms with Crippen LogP contribution in [0.5, 0.6) is 0 Å². The third-order valence-corrected chi connectivity index (χ3v) is 7.81. The van der Waals surface area contributed by atoms with Gasteiger partial charge in [-0.25, -0.2) is 8.42 Å². The highest BCUT2D eigenvalue weighted by molar-refractivity contribution is 8.00. The Bertz CT molecular complexity index is 427. The van der Waals surface area contributed by atoms with E-state index in [1.54, 1.807) is 11.8 Å². The van der Waals surface area contributed by atoms with Gasteiger partial charge in [0.2, 0.25) is 0 Å². The first-order chi connectivity index (χ1) is 9.45. The standard InChI is InChI=1S/C14H28N2O2S2/c1-3-12-6-4-5-7-14(12,11-15)16-8-9-19-10-13(16)20(2,17)18/h12-13H,3-11,15H2,1-2H3. The lowest BCUT2D eigenvalue weighted by Crippen LogP contribution is -2.66. The molecule has 3 atom stereocenters. The third-order valence-electron chi connectivity index (χ3n) is 5.17. The van der Waals surface area contributed by atoms with Crippen molar-refractivity contribution in [2.24, 2.45) is 11.7 Å². The van der Waals surface area contributed by atoms with Gasteiger partial charge in [0.1, 0.15) is 5.37 Å². The lowest BCUT2D eigenvalue weighted by atomic mass is 9.70. The molecule has 20 heavy (non-hydrogen) atoms. The van der Waals surface area contributed by atoms with Crippen LogP contribution in [-0.2, 0) is 9.84 Å². The highest BCUT2D eigenvalue weighted by atomic mass is 32.2. The highest BCUT2D eigenvalue weighted by Crippen LogP contribution is 2.42. The monoisotopic (exact) mass is 320 g/mol. The van der Waals surface area contributed by atoms with Gasteiger partial charge in [-0.2, -0.15) is 11.8 Å². The van der Waals surface area contributed by atoms with Crippen molar-refractivity contribution in [3.8, 4) is 0 Å². The van der Waals surface area contributed by atoms with Crippen LogP contribution in [0.1, 0.15) is 39.0 Å². The fraction of sp³-hybridized carbons (Fsp3) is 1.00. The molecule has 1 aliphatic carbocycles. The zero-order chi connectivity index (χ0) is 14.8. The Morgan fingerprint density at radius 3 is 2.75 bits per heavy atom. The number of nitrogens with zero attached hydrogens (tertiary/aromatic N) is 1. The maximum atomic E-state index is 12.2. The van der Waals surface area contributed by atoms with Gasteiger partial charge < -0.3 is 5.73 Å². The number of sulfone groups is 1. The molecule has 2 fully saturated rings. The Hall–Kier alpha value is 0.220. The summed E-state index contributed by atoms with van der Waals surface area (Å²) in [5, 5.41) is -0.350. The van der Waals surface area contributed by atoms with Crippen LogP contribution in [-0.4, -0.2) is 55.1 Å². The molecule has 3 unspecified atom stereocenters. The average molecular weight is 321 g/mol. The van der Waals surface area contributed by atoms with Crippen LogP contribution in [0.4, 0.5) is 0 Å². The molecule has 2 rings (SSSR count). The Morgan fingerprint density at radius 1 is 1.40 bits per heavy atom. The van der Waals surface area contributed by atoms with Gasteiger partial charge >= 0.3 is 0 Å². The molecular formula is C14H28N2O2S2. The first-order valence-electron chi connectivity index (χ1n) is 7.69. The molecule has 0 aromatic rings. The molecule has 0 spiro atoms. The summed E-state index contributed by atoms with van der Waals surface area (Å²) in [6.07, 6.45) is 7.15. The predicted molar refractivity (Wildman–Crippen MR) is 86.7 cm³/mol. The molecule has 2 aliphatic rings. The highest BCUT2D eigenvalue weighted by Gasteiger charge is 2.48. The molecule has 1 saturated carbocycles. The van der Waals surface area contributed by atoms with Crippen LogP contribution < -0.4 is 5.73 Å². The van der Waals surface area contributed by atoms with Crippen molar-refractivity contribution in [1.29, 1.82) is 0 Å². The summed E-state index contributed by atoms with van der Waals surface area (Å²) in [7, 11) is -3.05. The van der Waals surface area contributed by atoms with Crippen LogP contribution in [0.3, 0.4) is 0 Å². The van der Waals surface area contributed by atoms with Gasteiger partial charge in [0.25, 0.3) is 0 Å². The largest absolute Gasteiger partial charge is 0.329 e. The minimum atomic E-state index is -3.05. The molecule has 4 nitrogen and oxygen atoms in total. The van der Waals surface area contributed by atoms with E-state index in [1.807, 2.05) is 0 Å². The average Bonchev–Trinajstić information content (AvgIpc) is 2.46. The Balaban J connectivity index is 2.36. The van der Waals surface area contributed by atoms with Gasteiger partial charge in [0.05, 0.1) is 0 Å². The summed E-state index contributed by atoms with van der Waals surface area (Å²) >= 11 is 1.75. The second-order valence-electron chi connectivity index (χ2n) is 6.21. The third kappa shape index (κ3) is 3.03. The first kappa shape index (κ1) is 16.6. The summed E-state index contributed by atoms with van der Waals surface area (Å²) in [4.78, 5) is 2.27. The quantitative estimate of drug-likeness (QED) is 0.854. The second kappa shape index (κ2) is 6.55. The van der Waals surface area contributed by atoms with Crippen LogP contribution in [0.2, 0.25) is 0 Å². The maximum absolute atomic E-state index is 12.2. The van der Waals surface area contributed by atoms with Crippen molar-refractivity contribution in [2.75, 3.05) is 30.9 Å². The summed E-state index contributed by atoms with van der Waals surface area (Å²) in [6, 6.07) is 0. The Labute approximate surface area is 127 Å². The van der Waals surface area contributed by atoms with E-state index in [4.69, 9.17) is 5.73 Å². The number of rotatable bonds is 4. The van der Waals surface area contributed by atoms with Gasteiger partial charge in [-0.15, -0.1) is 0 Å². The molecule has 1 heterocycles. The van der Waals surface area contributed by atoms with Gasteiger partial charge in [0.15, 0.2) is 9.84 Å². The smallest absolute Gasteiger partial charge is 0.164 e. The molecule has 118 valence electrons. The van der Waals surface area contributed by atoms with Gasteiger partial charge in [-0.3, -0.25) is 4.90 Å². The van der Waals surface area contributed by atoms with E-state index in [1.165, 1.54) is 25.5 Å². The van der Waals surface area contributed by atoms with Crippen molar-refractivity contribution >= 4 is 21.6 Å². The fourth-order valence-corrected chi connectivity index (χ4v) is 7.02. The molecule has 0 aromatic carbocycles. The second-order valence-corrected chi connectivity index (χ2v) is 9.56. The van der Waals surface area contributed by atoms with Crippen molar-refractivity contribution in [3.63, 3.8) is 0 Å². The molecule has 0 radical (unpaired) electrons. The minimum absolute atomic E-state index is 0.0955. The van der Waals surface area contributed by atoms with Crippen LogP contribution in [0, 0.1) is 5.92 Å². The normalized spacial score (nSPS) is 37.0. The number of thioether (sulfide) groups is 1. The van der Waals surface area contributed by atoms with E-state index >= 15 is 0 Å². The van der Waals surface area contributed by atoms with Crippen molar-refractivity contribution in [1.82, 2.24) is 4.90 Å².